The van der Waals surface area contributed by atoms with Gasteiger partial charge in [0.05, 0.1) is 10.9 Å². The van der Waals surface area contributed by atoms with Crippen LogP contribution in [0.2, 0.25) is 0 Å². The lowest BCUT2D eigenvalue weighted by Gasteiger charge is -2.02. The number of carbonyl (C=O) groups is 1. The number of ether oxygens (including phenoxy) is 1. The summed E-state index contributed by atoms with van der Waals surface area (Å²) in [6.07, 6.45) is -1.55. The fourth-order valence-corrected chi connectivity index (χ4v) is 1.39. The maximum absolute atomic E-state index is 13.3. The van der Waals surface area contributed by atoms with Gasteiger partial charge in [-0.15, -0.1) is 0 Å². The van der Waals surface area contributed by atoms with E-state index in [0.717, 1.165) is 12.1 Å². The van der Waals surface area contributed by atoms with Crippen LogP contribution in [-0.2, 0) is 0 Å². The summed E-state index contributed by atoms with van der Waals surface area (Å²) in [6, 6.07) is 4.89. The number of fused-ring (bicyclic) bond motifs is 1. The highest BCUT2D eigenvalue weighted by molar-refractivity contribution is 5.79. The Morgan fingerprint density at radius 2 is 2.19 bits per heavy atom. The highest BCUT2D eigenvalue weighted by atomic mass is 19.1. The molecule has 2 N–H and O–H groups in total. The van der Waals surface area contributed by atoms with Gasteiger partial charge in [0.1, 0.15) is 5.82 Å². The largest absolute Gasteiger partial charge is 0.512 e. The molecule has 0 saturated carbocycles. The molecule has 0 saturated heterocycles. The van der Waals surface area contributed by atoms with E-state index in [4.69, 9.17) is 5.11 Å². The number of halogens is 1. The Morgan fingerprint density at radius 1 is 1.44 bits per heavy atom. The summed E-state index contributed by atoms with van der Waals surface area (Å²) in [5.74, 6) is -0.906. The van der Waals surface area contributed by atoms with Gasteiger partial charge in [-0.1, -0.05) is 6.07 Å². The van der Waals surface area contributed by atoms with Gasteiger partial charge in [-0.2, -0.15) is 0 Å². The summed E-state index contributed by atoms with van der Waals surface area (Å²) >= 11 is 0. The number of rotatable bonds is 1. The van der Waals surface area contributed by atoms with Gasteiger partial charge in [0.15, 0.2) is 5.43 Å². The van der Waals surface area contributed by atoms with Gasteiger partial charge in [-0.05, 0) is 12.1 Å². The van der Waals surface area contributed by atoms with Crippen molar-refractivity contribution >= 4 is 17.1 Å². The van der Waals surface area contributed by atoms with Crippen molar-refractivity contribution in [2.24, 2.45) is 0 Å². The second-order valence-electron chi connectivity index (χ2n) is 3.03. The van der Waals surface area contributed by atoms with Crippen LogP contribution < -0.4 is 10.2 Å². The number of aromatic amines is 1. The van der Waals surface area contributed by atoms with Gasteiger partial charge in [0, 0.05) is 6.07 Å². The standard InChI is InChI=1S/C10H6FNO4/c11-5-2-1-3-6-9(5)7(13)4-8(12-6)16-10(14)15/h1-4H,(H,12,13)(H,14,15). The third kappa shape index (κ3) is 1.72. The molecular weight excluding hydrogens is 217 g/mol. The maximum atomic E-state index is 13.3. The summed E-state index contributed by atoms with van der Waals surface area (Å²) in [7, 11) is 0. The van der Waals surface area contributed by atoms with Gasteiger partial charge >= 0.3 is 6.16 Å². The molecule has 0 amide bonds. The molecule has 2 rings (SSSR count). The van der Waals surface area contributed by atoms with Crippen LogP contribution in [0, 0.1) is 5.82 Å². The molecule has 0 atom stereocenters. The third-order valence-corrected chi connectivity index (χ3v) is 1.98. The Labute approximate surface area is 88.1 Å². The van der Waals surface area contributed by atoms with Crippen LogP contribution in [0.4, 0.5) is 9.18 Å². The minimum atomic E-state index is -1.55. The quantitative estimate of drug-likeness (QED) is 0.721. The number of H-pyrrole nitrogens is 1. The molecule has 1 heterocycles. The van der Waals surface area contributed by atoms with Crippen molar-refractivity contribution < 1.29 is 19.0 Å². The molecule has 0 aliphatic rings. The van der Waals surface area contributed by atoms with Crippen molar-refractivity contribution in [1.29, 1.82) is 0 Å². The van der Waals surface area contributed by atoms with E-state index in [0.29, 0.717) is 0 Å². The molecule has 0 aliphatic heterocycles. The molecule has 0 spiro atoms. The fraction of sp³-hybridized carbons (Fsp3) is 0. The topological polar surface area (TPSA) is 79.4 Å². The van der Waals surface area contributed by atoms with E-state index in [9.17, 15) is 14.0 Å². The van der Waals surface area contributed by atoms with E-state index in [1.807, 2.05) is 0 Å². The molecule has 0 aliphatic carbocycles. The van der Waals surface area contributed by atoms with Crippen LogP contribution in [0.15, 0.2) is 29.1 Å². The molecule has 0 radical (unpaired) electrons. The summed E-state index contributed by atoms with van der Waals surface area (Å²) in [4.78, 5) is 24.2. The van der Waals surface area contributed by atoms with Gasteiger partial charge < -0.3 is 14.8 Å². The Morgan fingerprint density at radius 3 is 2.88 bits per heavy atom. The Kier molecular flexibility index (Phi) is 2.32. The van der Waals surface area contributed by atoms with Crippen molar-refractivity contribution in [1.82, 2.24) is 4.98 Å². The number of carboxylic acid groups (broad SMARTS) is 1. The number of benzene rings is 1. The summed E-state index contributed by atoms with van der Waals surface area (Å²) in [5, 5.41) is 8.24. The van der Waals surface area contributed by atoms with Crippen LogP contribution in [0.25, 0.3) is 10.9 Å². The number of pyridine rings is 1. The zero-order valence-electron chi connectivity index (χ0n) is 7.86. The van der Waals surface area contributed by atoms with Crippen molar-refractivity contribution in [3.05, 3.63) is 40.3 Å². The molecule has 0 bridgehead atoms. The number of hydrogen-bond acceptors (Lipinski definition) is 3. The minimum absolute atomic E-state index is 0.125. The van der Waals surface area contributed by atoms with Gasteiger partial charge in [0.2, 0.25) is 5.88 Å². The first kappa shape index (κ1) is 10.2. The maximum Gasteiger partial charge on any atom is 0.512 e. The molecule has 82 valence electrons. The van der Waals surface area contributed by atoms with Gasteiger partial charge in [0.25, 0.3) is 0 Å². The van der Waals surface area contributed by atoms with E-state index in [2.05, 4.69) is 9.72 Å². The molecule has 6 heteroatoms. The fourth-order valence-electron chi connectivity index (χ4n) is 1.39. The molecule has 5 nitrogen and oxygen atoms in total. The van der Waals surface area contributed by atoms with Crippen molar-refractivity contribution in [2.45, 2.75) is 0 Å². The van der Waals surface area contributed by atoms with Crippen LogP contribution >= 0.6 is 0 Å². The SMILES string of the molecule is O=C(O)Oc1cc(=O)c2c(F)cccc2[nH]1. The molecular formula is C10H6FNO4. The van der Waals surface area contributed by atoms with Gasteiger partial charge in [-0.25, -0.2) is 9.18 Å². The van der Waals surface area contributed by atoms with E-state index < -0.39 is 17.4 Å². The second kappa shape index (κ2) is 3.65. The lowest BCUT2D eigenvalue weighted by molar-refractivity contribution is 0.142. The molecule has 1 aromatic heterocycles. The Bertz CT molecular complexity index is 620. The average Bonchev–Trinajstić information content (AvgIpc) is 2.15. The summed E-state index contributed by atoms with van der Waals surface area (Å²) < 4.78 is 17.5. The first-order valence-electron chi connectivity index (χ1n) is 4.30. The lowest BCUT2D eigenvalue weighted by Crippen LogP contribution is -2.10. The van der Waals surface area contributed by atoms with E-state index in [-0.39, 0.29) is 16.8 Å². The predicted molar refractivity (Wildman–Crippen MR) is 53.2 cm³/mol. The van der Waals surface area contributed by atoms with Crippen LogP contribution in [0.1, 0.15) is 0 Å². The smallest absolute Gasteiger partial charge is 0.449 e. The zero-order valence-corrected chi connectivity index (χ0v) is 7.86. The molecule has 16 heavy (non-hydrogen) atoms. The molecule has 0 fully saturated rings. The van der Waals surface area contributed by atoms with Crippen molar-refractivity contribution in [3.8, 4) is 5.88 Å². The minimum Gasteiger partial charge on any atom is -0.449 e. The predicted octanol–water partition coefficient (Wildman–Crippen LogP) is 1.72. The monoisotopic (exact) mass is 223 g/mol. The number of aromatic nitrogens is 1. The first-order valence-corrected chi connectivity index (χ1v) is 4.30. The average molecular weight is 223 g/mol. The van der Waals surface area contributed by atoms with Crippen LogP contribution in [-0.4, -0.2) is 16.2 Å². The summed E-state index contributed by atoms with van der Waals surface area (Å²) in [5.41, 5.74) is -0.452. The Balaban J connectivity index is 2.69. The Hall–Kier alpha value is -2.37. The molecule has 2 aromatic rings. The molecule has 0 unspecified atom stereocenters. The zero-order chi connectivity index (χ0) is 11.7. The van der Waals surface area contributed by atoms with E-state index in [1.165, 1.54) is 12.1 Å². The highest BCUT2D eigenvalue weighted by Gasteiger charge is 2.09. The van der Waals surface area contributed by atoms with Gasteiger partial charge in [-0.3, -0.25) is 4.79 Å². The van der Waals surface area contributed by atoms with Crippen LogP contribution in [0.3, 0.4) is 0 Å². The summed E-state index contributed by atoms with van der Waals surface area (Å²) in [6.45, 7) is 0. The first-order chi connectivity index (χ1) is 7.58. The third-order valence-electron chi connectivity index (χ3n) is 1.98. The number of nitrogens with one attached hydrogen (secondary N) is 1. The van der Waals surface area contributed by atoms with Crippen LogP contribution in [0.5, 0.6) is 5.88 Å². The molecule has 1 aromatic carbocycles. The second-order valence-corrected chi connectivity index (χ2v) is 3.03. The van der Waals surface area contributed by atoms with Crippen molar-refractivity contribution in [3.63, 3.8) is 0 Å². The van der Waals surface area contributed by atoms with Crippen molar-refractivity contribution in [2.75, 3.05) is 0 Å². The normalized spacial score (nSPS) is 10.3. The number of hydrogen-bond donors (Lipinski definition) is 2. The van der Waals surface area contributed by atoms with E-state index in [1.54, 1.807) is 0 Å². The highest BCUT2D eigenvalue weighted by Crippen LogP contribution is 2.15. The van der Waals surface area contributed by atoms with E-state index >= 15 is 0 Å². The lowest BCUT2D eigenvalue weighted by atomic mass is 10.2.